The molecule has 94 valence electrons. The number of benzene rings is 1. The summed E-state index contributed by atoms with van der Waals surface area (Å²) < 4.78 is 1.11. The first-order valence-corrected chi connectivity index (χ1v) is 7.31. The molecule has 2 rings (SSSR count). The number of nitrogens with one attached hydrogen (secondary N) is 1. The molecule has 1 atom stereocenters. The molecule has 0 aliphatic heterocycles. The van der Waals surface area contributed by atoms with Gasteiger partial charge in [0.2, 0.25) is 0 Å². The molecule has 1 aliphatic rings. The Labute approximate surface area is 112 Å². The molecule has 1 unspecified atom stereocenters. The molecule has 1 aromatic rings. The van der Waals surface area contributed by atoms with Gasteiger partial charge in [0.15, 0.2) is 0 Å². The Morgan fingerprint density at radius 2 is 2.06 bits per heavy atom. The van der Waals surface area contributed by atoms with Crippen LogP contribution in [0.4, 0.5) is 5.69 Å². The average molecular weight is 297 g/mol. The summed E-state index contributed by atoms with van der Waals surface area (Å²) in [6.07, 6.45) is 6.76. The molecule has 1 fully saturated rings. The van der Waals surface area contributed by atoms with Gasteiger partial charge < -0.3 is 11.1 Å². The topological polar surface area (TPSA) is 38.0 Å². The van der Waals surface area contributed by atoms with Crippen LogP contribution in [-0.4, -0.2) is 12.6 Å². The van der Waals surface area contributed by atoms with E-state index in [1.54, 1.807) is 0 Å². The van der Waals surface area contributed by atoms with Gasteiger partial charge in [0.1, 0.15) is 0 Å². The molecule has 2 nitrogen and oxygen atoms in total. The van der Waals surface area contributed by atoms with Crippen molar-refractivity contribution in [2.24, 2.45) is 11.7 Å². The molecule has 0 heterocycles. The second kappa shape index (κ2) is 6.41. The largest absolute Gasteiger partial charge is 0.381 e. The summed E-state index contributed by atoms with van der Waals surface area (Å²) in [5.41, 5.74) is 7.08. The van der Waals surface area contributed by atoms with Gasteiger partial charge in [-0.15, -0.1) is 0 Å². The highest BCUT2D eigenvalue weighted by atomic mass is 79.9. The van der Waals surface area contributed by atoms with Crippen LogP contribution in [0, 0.1) is 5.92 Å². The monoisotopic (exact) mass is 296 g/mol. The Kier molecular flexibility index (Phi) is 4.86. The van der Waals surface area contributed by atoms with E-state index in [0.29, 0.717) is 6.04 Å². The van der Waals surface area contributed by atoms with Crippen molar-refractivity contribution in [1.82, 2.24) is 0 Å². The van der Waals surface area contributed by atoms with Crippen LogP contribution in [0.25, 0.3) is 0 Å². The summed E-state index contributed by atoms with van der Waals surface area (Å²) in [5.74, 6) is 0.743. The van der Waals surface area contributed by atoms with Crippen LogP contribution in [0.5, 0.6) is 0 Å². The standard InChI is InChI=1S/C14H21BrN2/c15-12-7-4-8-13(9-12)17-14(10-16)11-5-2-1-3-6-11/h4,7-9,11,14,17H,1-3,5-6,10,16H2. The minimum absolute atomic E-state index is 0.421. The number of anilines is 1. The first-order chi connectivity index (χ1) is 8.29. The zero-order valence-corrected chi connectivity index (χ0v) is 11.7. The molecule has 1 aliphatic carbocycles. The van der Waals surface area contributed by atoms with Crippen LogP contribution < -0.4 is 11.1 Å². The SMILES string of the molecule is NCC(Nc1cccc(Br)c1)C1CCCCC1. The Bertz CT molecular complexity index is 348. The second-order valence-electron chi connectivity index (χ2n) is 4.89. The van der Waals surface area contributed by atoms with Crippen LogP contribution >= 0.6 is 15.9 Å². The zero-order valence-electron chi connectivity index (χ0n) is 10.2. The fourth-order valence-corrected chi connectivity index (χ4v) is 3.10. The van der Waals surface area contributed by atoms with Crippen molar-refractivity contribution < 1.29 is 0 Å². The number of halogens is 1. The van der Waals surface area contributed by atoms with Gasteiger partial charge in [-0.3, -0.25) is 0 Å². The van der Waals surface area contributed by atoms with E-state index in [9.17, 15) is 0 Å². The summed E-state index contributed by atoms with van der Waals surface area (Å²) in [6.45, 7) is 0.719. The molecule has 0 radical (unpaired) electrons. The third kappa shape index (κ3) is 3.71. The Morgan fingerprint density at radius 3 is 2.71 bits per heavy atom. The number of hydrogen-bond donors (Lipinski definition) is 2. The van der Waals surface area contributed by atoms with Crippen molar-refractivity contribution in [3.8, 4) is 0 Å². The van der Waals surface area contributed by atoms with Crippen molar-refractivity contribution in [3.05, 3.63) is 28.7 Å². The van der Waals surface area contributed by atoms with Gasteiger partial charge in [-0.2, -0.15) is 0 Å². The quantitative estimate of drug-likeness (QED) is 0.888. The van der Waals surface area contributed by atoms with Crippen LogP contribution in [-0.2, 0) is 0 Å². The summed E-state index contributed by atoms with van der Waals surface area (Å²) in [5, 5.41) is 3.58. The van der Waals surface area contributed by atoms with Gasteiger partial charge >= 0.3 is 0 Å². The third-order valence-electron chi connectivity index (χ3n) is 3.65. The second-order valence-corrected chi connectivity index (χ2v) is 5.81. The summed E-state index contributed by atoms with van der Waals surface area (Å²) in [4.78, 5) is 0. The van der Waals surface area contributed by atoms with E-state index in [4.69, 9.17) is 5.73 Å². The predicted molar refractivity (Wildman–Crippen MR) is 77.2 cm³/mol. The minimum atomic E-state index is 0.421. The Morgan fingerprint density at radius 1 is 1.29 bits per heavy atom. The first kappa shape index (κ1) is 12.9. The lowest BCUT2D eigenvalue weighted by Gasteiger charge is -2.30. The van der Waals surface area contributed by atoms with E-state index >= 15 is 0 Å². The lowest BCUT2D eigenvalue weighted by molar-refractivity contribution is 0.320. The molecule has 0 saturated heterocycles. The van der Waals surface area contributed by atoms with E-state index in [-0.39, 0.29) is 0 Å². The highest BCUT2D eigenvalue weighted by Gasteiger charge is 2.22. The summed E-state index contributed by atoms with van der Waals surface area (Å²) in [7, 11) is 0. The maximum absolute atomic E-state index is 5.92. The van der Waals surface area contributed by atoms with E-state index < -0.39 is 0 Å². The summed E-state index contributed by atoms with van der Waals surface area (Å²) >= 11 is 3.50. The van der Waals surface area contributed by atoms with Crippen molar-refractivity contribution >= 4 is 21.6 Å². The molecule has 0 amide bonds. The molecule has 0 bridgehead atoms. The zero-order chi connectivity index (χ0) is 12.1. The van der Waals surface area contributed by atoms with Crippen LogP contribution in [0.1, 0.15) is 32.1 Å². The predicted octanol–water partition coefficient (Wildman–Crippen LogP) is 3.77. The van der Waals surface area contributed by atoms with Gasteiger partial charge in [-0.1, -0.05) is 41.3 Å². The third-order valence-corrected chi connectivity index (χ3v) is 4.14. The maximum Gasteiger partial charge on any atom is 0.0411 e. The normalized spacial score (nSPS) is 18.9. The van der Waals surface area contributed by atoms with Crippen molar-refractivity contribution in [1.29, 1.82) is 0 Å². The highest BCUT2D eigenvalue weighted by Crippen LogP contribution is 2.28. The van der Waals surface area contributed by atoms with Crippen molar-refractivity contribution in [2.45, 2.75) is 38.1 Å². The minimum Gasteiger partial charge on any atom is -0.381 e. The van der Waals surface area contributed by atoms with Gasteiger partial charge in [0.25, 0.3) is 0 Å². The fraction of sp³-hybridized carbons (Fsp3) is 0.571. The molecule has 1 aromatic carbocycles. The molecule has 3 heteroatoms. The molecular formula is C14H21BrN2. The highest BCUT2D eigenvalue weighted by molar-refractivity contribution is 9.10. The Balaban J connectivity index is 1.98. The van der Waals surface area contributed by atoms with Gasteiger partial charge in [-0.25, -0.2) is 0 Å². The molecule has 17 heavy (non-hydrogen) atoms. The fourth-order valence-electron chi connectivity index (χ4n) is 2.70. The first-order valence-electron chi connectivity index (χ1n) is 6.52. The molecular weight excluding hydrogens is 276 g/mol. The molecule has 1 saturated carbocycles. The number of nitrogens with two attached hydrogens (primary N) is 1. The van der Waals surface area contributed by atoms with E-state index in [0.717, 1.165) is 16.9 Å². The van der Waals surface area contributed by atoms with E-state index in [2.05, 4.69) is 39.4 Å². The van der Waals surface area contributed by atoms with Gasteiger partial charge in [-0.05, 0) is 37.0 Å². The van der Waals surface area contributed by atoms with E-state index in [1.165, 1.54) is 37.8 Å². The van der Waals surface area contributed by atoms with Crippen molar-refractivity contribution in [3.63, 3.8) is 0 Å². The molecule has 0 spiro atoms. The number of rotatable bonds is 4. The van der Waals surface area contributed by atoms with Crippen LogP contribution in [0.2, 0.25) is 0 Å². The molecule has 3 N–H and O–H groups in total. The smallest absolute Gasteiger partial charge is 0.0411 e. The van der Waals surface area contributed by atoms with Gasteiger partial charge in [0.05, 0.1) is 0 Å². The lowest BCUT2D eigenvalue weighted by Crippen LogP contribution is -2.37. The lowest BCUT2D eigenvalue weighted by atomic mass is 9.84. The van der Waals surface area contributed by atoms with E-state index in [1.807, 2.05) is 6.07 Å². The molecule has 0 aromatic heterocycles. The number of hydrogen-bond acceptors (Lipinski definition) is 2. The van der Waals surface area contributed by atoms with Crippen LogP contribution in [0.3, 0.4) is 0 Å². The van der Waals surface area contributed by atoms with Crippen LogP contribution in [0.15, 0.2) is 28.7 Å². The maximum atomic E-state index is 5.92. The van der Waals surface area contributed by atoms with Gasteiger partial charge in [0, 0.05) is 22.7 Å². The van der Waals surface area contributed by atoms with Crippen molar-refractivity contribution in [2.75, 3.05) is 11.9 Å². The summed E-state index contributed by atoms with van der Waals surface area (Å²) in [6, 6.07) is 8.75. The average Bonchev–Trinajstić information content (AvgIpc) is 2.37. The Hall–Kier alpha value is -0.540.